The highest BCUT2D eigenvalue weighted by atomic mass is 32.2. The van der Waals surface area contributed by atoms with Crippen molar-refractivity contribution in [3.05, 3.63) is 65.5 Å². The number of hydrogen-bond acceptors (Lipinski definition) is 5. The monoisotopic (exact) mass is 410 g/mol. The predicted molar refractivity (Wildman–Crippen MR) is 116 cm³/mol. The Morgan fingerprint density at radius 1 is 1.17 bits per heavy atom. The minimum absolute atomic E-state index is 0.0759. The van der Waals surface area contributed by atoms with E-state index in [4.69, 9.17) is 4.74 Å². The van der Waals surface area contributed by atoms with E-state index < -0.39 is 0 Å². The van der Waals surface area contributed by atoms with Crippen molar-refractivity contribution in [3.8, 4) is 5.75 Å². The average Bonchev–Trinajstić information content (AvgIpc) is 3.09. The van der Waals surface area contributed by atoms with E-state index in [0.717, 1.165) is 23.4 Å². The van der Waals surface area contributed by atoms with Gasteiger partial charge in [0.05, 0.1) is 5.75 Å². The van der Waals surface area contributed by atoms with Gasteiger partial charge in [0.15, 0.2) is 17.1 Å². The lowest BCUT2D eigenvalue weighted by molar-refractivity contribution is -0.113. The van der Waals surface area contributed by atoms with Crippen LogP contribution in [-0.2, 0) is 18.3 Å². The Morgan fingerprint density at radius 2 is 1.90 bits per heavy atom. The van der Waals surface area contributed by atoms with E-state index in [9.17, 15) is 4.79 Å². The summed E-state index contributed by atoms with van der Waals surface area (Å²) in [7, 11) is 1.89. The number of ether oxygens (including phenoxy) is 1. The molecule has 29 heavy (non-hydrogen) atoms. The van der Waals surface area contributed by atoms with Crippen molar-refractivity contribution in [1.29, 1.82) is 0 Å². The van der Waals surface area contributed by atoms with Crippen LogP contribution in [0.1, 0.15) is 36.9 Å². The summed E-state index contributed by atoms with van der Waals surface area (Å²) in [4.78, 5) is 12.3. The number of benzene rings is 2. The van der Waals surface area contributed by atoms with Gasteiger partial charge in [-0.05, 0) is 49.6 Å². The first-order valence-corrected chi connectivity index (χ1v) is 10.6. The van der Waals surface area contributed by atoms with Gasteiger partial charge in [0.25, 0.3) is 0 Å². The number of carbonyl (C=O) groups excluding carboxylic acids is 1. The molecule has 3 aromatic rings. The molecule has 0 aliphatic carbocycles. The Hall–Kier alpha value is -2.80. The molecule has 1 amide bonds. The molecule has 0 saturated heterocycles. The van der Waals surface area contributed by atoms with Crippen LogP contribution in [0.3, 0.4) is 0 Å². The fourth-order valence-electron chi connectivity index (χ4n) is 2.89. The summed E-state index contributed by atoms with van der Waals surface area (Å²) in [5.74, 6) is 1.72. The van der Waals surface area contributed by atoms with Crippen LogP contribution in [0.5, 0.6) is 5.75 Å². The smallest absolute Gasteiger partial charge is 0.234 e. The van der Waals surface area contributed by atoms with Gasteiger partial charge in [0, 0.05) is 12.7 Å². The van der Waals surface area contributed by atoms with Gasteiger partial charge in [-0.15, -0.1) is 10.2 Å². The number of aromatic nitrogens is 3. The summed E-state index contributed by atoms with van der Waals surface area (Å²) in [5, 5.41) is 12.1. The van der Waals surface area contributed by atoms with E-state index in [1.165, 1.54) is 17.3 Å². The molecular formula is C22H26N4O2S. The van der Waals surface area contributed by atoms with Crippen molar-refractivity contribution in [2.24, 2.45) is 7.05 Å². The summed E-state index contributed by atoms with van der Waals surface area (Å²) < 4.78 is 7.91. The van der Waals surface area contributed by atoms with Crippen LogP contribution in [0.2, 0.25) is 0 Å². The van der Waals surface area contributed by atoms with Crippen LogP contribution in [-0.4, -0.2) is 26.4 Å². The zero-order valence-corrected chi connectivity index (χ0v) is 18.0. The number of nitrogens with one attached hydrogen (secondary N) is 1. The first-order chi connectivity index (χ1) is 14.0. The molecule has 0 spiro atoms. The van der Waals surface area contributed by atoms with Gasteiger partial charge in [0.2, 0.25) is 5.91 Å². The van der Waals surface area contributed by atoms with Gasteiger partial charge in [0.1, 0.15) is 5.75 Å². The second kappa shape index (κ2) is 9.60. The van der Waals surface area contributed by atoms with Crippen LogP contribution in [0, 0.1) is 6.92 Å². The number of para-hydroxylation sites is 1. The molecule has 1 N–H and O–H groups in total. The minimum Gasteiger partial charge on any atom is -0.482 e. The molecule has 3 rings (SSSR count). The van der Waals surface area contributed by atoms with Gasteiger partial charge in [-0.1, -0.05) is 49.0 Å². The quantitative estimate of drug-likeness (QED) is 0.552. The lowest BCUT2D eigenvalue weighted by Gasteiger charge is -2.15. The van der Waals surface area contributed by atoms with E-state index in [0.29, 0.717) is 11.0 Å². The standard InChI is InChI=1S/C22H26N4O2S/c1-5-17-10-12-18(13-11-17)23-20(27)14-29-22-25-24-21(26(22)4)16(3)28-19-9-7-6-8-15(19)2/h6-13,16H,5,14H2,1-4H3,(H,23,27). The van der Waals surface area contributed by atoms with Gasteiger partial charge < -0.3 is 14.6 Å². The SMILES string of the molecule is CCc1ccc(NC(=O)CSc2nnc(C(C)Oc3ccccc3C)n2C)cc1. The molecule has 0 aliphatic rings. The summed E-state index contributed by atoms with van der Waals surface area (Å²) >= 11 is 1.35. The molecule has 7 heteroatoms. The van der Waals surface area contributed by atoms with Gasteiger partial charge in [-0.2, -0.15) is 0 Å². The number of hydrogen-bond donors (Lipinski definition) is 1. The second-order valence-electron chi connectivity index (χ2n) is 6.81. The number of amides is 1. The molecule has 0 saturated carbocycles. The van der Waals surface area contributed by atoms with Gasteiger partial charge >= 0.3 is 0 Å². The Balaban J connectivity index is 1.57. The van der Waals surface area contributed by atoms with Crippen molar-refractivity contribution in [2.75, 3.05) is 11.1 Å². The second-order valence-corrected chi connectivity index (χ2v) is 7.76. The van der Waals surface area contributed by atoms with E-state index in [1.807, 2.05) is 74.0 Å². The number of carbonyl (C=O) groups is 1. The first kappa shape index (κ1) is 20.9. The highest BCUT2D eigenvalue weighted by molar-refractivity contribution is 7.99. The largest absolute Gasteiger partial charge is 0.482 e. The Kier molecular flexibility index (Phi) is 6.93. The van der Waals surface area contributed by atoms with Crippen LogP contribution in [0.25, 0.3) is 0 Å². The summed E-state index contributed by atoms with van der Waals surface area (Å²) in [5.41, 5.74) is 3.11. The lowest BCUT2D eigenvalue weighted by atomic mass is 10.1. The Bertz CT molecular complexity index is 969. The molecule has 0 bridgehead atoms. The molecule has 0 radical (unpaired) electrons. The van der Waals surface area contributed by atoms with E-state index in [1.54, 1.807) is 0 Å². The number of anilines is 1. The maximum absolute atomic E-state index is 12.3. The van der Waals surface area contributed by atoms with Crippen molar-refractivity contribution in [3.63, 3.8) is 0 Å². The number of aryl methyl sites for hydroxylation is 2. The minimum atomic E-state index is -0.256. The normalized spacial score (nSPS) is 11.9. The molecule has 152 valence electrons. The molecule has 2 aromatic carbocycles. The molecule has 1 unspecified atom stereocenters. The Morgan fingerprint density at radius 3 is 2.59 bits per heavy atom. The molecule has 1 aromatic heterocycles. The summed E-state index contributed by atoms with van der Waals surface area (Å²) in [6.07, 6.45) is 0.721. The number of nitrogens with zero attached hydrogens (tertiary/aromatic N) is 3. The highest BCUT2D eigenvalue weighted by Gasteiger charge is 2.18. The molecular weight excluding hydrogens is 384 g/mol. The highest BCUT2D eigenvalue weighted by Crippen LogP contribution is 2.25. The molecule has 1 atom stereocenters. The van der Waals surface area contributed by atoms with Gasteiger partial charge in [-0.3, -0.25) is 4.79 Å². The summed E-state index contributed by atoms with van der Waals surface area (Å²) in [6, 6.07) is 15.8. The molecule has 1 heterocycles. The maximum Gasteiger partial charge on any atom is 0.234 e. The van der Waals surface area contributed by atoms with Gasteiger partial charge in [-0.25, -0.2) is 0 Å². The lowest BCUT2D eigenvalue weighted by Crippen LogP contribution is -2.15. The Labute approximate surface area is 175 Å². The van der Waals surface area contributed by atoms with Crippen molar-refractivity contribution >= 4 is 23.4 Å². The fraction of sp³-hybridized carbons (Fsp3) is 0.318. The molecule has 6 nitrogen and oxygen atoms in total. The average molecular weight is 411 g/mol. The number of rotatable bonds is 8. The maximum atomic E-state index is 12.3. The van der Waals surface area contributed by atoms with Crippen molar-refractivity contribution in [1.82, 2.24) is 14.8 Å². The van der Waals surface area contributed by atoms with E-state index in [2.05, 4.69) is 22.4 Å². The third kappa shape index (κ3) is 5.38. The third-order valence-corrected chi connectivity index (χ3v) is 5.63. The third-order valence-electron chi connectivity index (χ3n) is 4.61. The van der Waals surface area contributed by atoms with Crippen LogP contribution < -0.4 is 10.1 Å². The molecule has 0 fully saturated rings. The van der Waals surface area contributed by atoms with Crippen LogP contribution in [0.15, 0.2) is 53.7 Å². The van der Waals surface area contributed by atoms with Crippen LogP contribution >= 0.6 is 11.8 Å². The topological polar surface area (TPSA) is 69.0 Å². The zero-order chi connectivity index (χ0) is 20.8. The van der Waals surface area contributed by atoms with E-state index in [-0.39, 0.29) is 17.8 Å². The van der Waals surface area contributed by atoms with Crippen LogP contribution in [0.4, 0.5) is 5.69 Å². The first-order valence-electron chi connectivity index (χ1n) is 9.61. The number of thioether (sulfide) groups is 1. The van der Waals surface area contributed by atoms with E-state index >= 15 is 0 Å². The zero-order valence-electron chi connectivity index (χ0n) is 17.2. The van der Waals surface area contributed by atoms with Crippen molar-refractivity contribution in [2.45, 2.75) is 38.5 Å². The predicted octanol–water partition coefficient (Wildman–Crippen LogP) is 4.56. The molecule has 0 aliphatic heterocycles. The van der Waals surface area contributed by atoms with Crippen molar-refractivity contribution < 1.29 is 9.53 Å². The fourth-order valence-corrected chi connectivity index (χ4v) is 3.61. The summed E-state index contributed by atoms with van der Waals surface area (Å²) in [6.45, 7) is 6.05.